The standard InChI is InChI=1S/C27H39N2.C15H21NO3.C10H12O.C8H6F2.C4H6F2O.C2F4.2ClH.Ru/c1-18(2)22-11-9-12-23(19(3)4)26(22)28-15-16-29(17-28)27-24(20(5)6)13-10-14-25(27)21(7)8;1-10(2)9-18-15(17)16-13-6-7-14(12(5)8-13)19-11(3)4;1-2-11-9-8-10-6-4-3-5-7-10;9-8(10)6-7-4-2-1-3-5-7;1-2-7-3-4(5)6;3-1(4)2(5)6;;;/h9-14,17-21H,15-16H2,1-8H3;5-8,10-11H,9H2,1-4H3,(H,16,17);3-9H,2H2,1H3;1-6H;3H,2H2,1H3;;2*1H;/q-1;;;;;;;;+2/p-2. The van der Waals surface area contributed by atoms with E-state index in [4.69, 9.17) is 33.6 Å². The van der Waals surface area contributed by atoms with Crippen LogP contribution in [-0.4, -0.2) is 49.7 Å². The predicted molar refractivity (Wildman–Crippen MR) is 334 cm³/mol. The van der Waals surface area contributed by atoms with Crippen LogP contribution < -0.4 is 19.9 Å². The van der Waals surface area contributed by atoms with Crippen molar-refractivity contribution in [3.63, 3.8) is 0 Å². The summed E-state index contributed by atoms with van der Waals surface area (Å²) in [6.45, 7) is 35.7. The third-order valence-corrected chi connectivity index (χ3v) is 13.2. The van der Waals surface area contributed by atoms with E-state index >= 15 is 0 Å². The summed E-state index contributed by atoms with van der Waals surface area (Å²) in [5.74, 6) is 3.04. The maximum absolute atomic E-state index is 11.7. The second kappa shape index (κ2) is 42.6. The number of carbonyl (C=O) groups is 1. The van der Waals surface area contributed by atoms with Gasteiger partial charge in [0.25, 0.3) is 6.08 Å². The van der Waals surface area contributed by atoms with Crippen LogP contribution in [0.2, 0.25) is 0 Å². The molecule has 0 unspecified atom stereocenters. The minimum absolute atomic E-state index is 0.0354. The first kappa shape index (κ1) is 76.9. The van der Waals surface area contributed by atoms with E-state index in [9.17, 15) is 39.9 Å². The Balaban J connectivity index is 0.000000563. The summed E-state index contributed by atoms with van der Waals surface area (Å²) in [6, 6.07) is 37.6. The van der Waals surface area contributed by atoms with Gasteiger partial charge in [0.05, 0.1) is 19.5 Å². The monoisotopic (exact) mass is 1320 g/mol. The second-order valence-electron chi connectivity index (χ2n) is 20.4. The van der Waals surface area contributed by atoms with Gasteiger partial charge in [0, 0.05) is 30.5 Å². The largest absolute Gasteiger partial charge is 0.502 e. The molecule has 0 aliphatic carbocycles. The molecule has 1 aliphatic heterocycles. The molecule has 472 valence electrons. The van der Waals surface area contributed by atoms with Crippen LogP contribution in [0.5, 0.6) is 5.75 Å². The fourth-order valence-electron chi connectivity index (χ4n) is 7.68. The molecule has 1 saturated heterocycles. The maximum atomic E-state index is 11.7. The first-order valence-electron chi connectivity index (χ1n) is 27.7. The first-order chi connectivity index (χ1) is 40.1. The third kappa shape index (κ3) is 32.2. The molecule has 1 heterocycles. The zero-order valence-electron chi connectivity index (χ0n) is 51.0. The number of anilines is 3. The average Bonchev–Trinajstić information content (AvgIpc) is 3.61. The molecule has 1 fully saturated rings. The molecule has 0 spiro atoms. The average molecular weight is 1320 g/mol. The molecule has 6 rings (SSSR count). The molecule has 1 aliphatic rings. The van der Waals surface area contributed by atoms with Crippen LogP contribution in [0.4, 0.5) is 57.0 Å². The Labute approximate surface area is 513 Å². The van der Waals surface area contributed by atoms with E-state index in [1.165, 1.54) is 39.2 Å². The molecule has 0 radical (unpaired) electrons. The van der Waals surface area contributed by atoms with Crippen LogP contribution in [0.25, 0.3) is 12.2 Å². The van der Waals surface area contributed by atoms with E-state index in [2.05, 4.69) is 118 Å². The Kier molecular flexibility index (Phi) is 38.5. The van der Waals surface area contributed by atoms with Gasteiger partial charge in [-0.15, -0.1) is 0 Å². The number of amides is 1. The third-order valence-electron chi connectivity index (χ3n) is 11.4. The van der Waals surface area contributed by atoms with Crippen molar-refractivity contribution in [1.29, 1.82) is 0 Å². The molecule has 1 N–H and O–H groups in total. The molecule has 5 aromatic carbocycles. The molecule has 19 heteroatoms. The normalized spacial score (nSPS) is 11.6. The fourth-order valence-corrected chi connectivity index (χ4v) is 9.46. The van der Waals surface area contributed by atoms with E-state index in [0.29, 0.717) is 53.5 Å². The van der Waals surface area contributed by atoms with Gasteiger partial charge in [0.15, 0.2) is 0 Å². The number of rotatable bonds is 18. The van der Waals surface area contributed by atoms with E-state index in [0.717, 1.165) is 31.3 Å². The minimum Gasteiger partial charge on any atom is -0.502 e. The van der Waals surface area contributed by atoms with Crippen molar-refractivity contribution in [3.05, 3.63) is 198 Å². The SMILES string of the molecule is CC(C)COC(=O)Nc1ccc(OC(C)C)c([CH]=[Ru]([Cl])[Cl])c1.CC(C)c1cccc(C(C)C)c1N1[CH-]N(c2c(C(C)C)cccc2C(C)C)CC1.CCOC=C(F)F.CCOC=Cc1ccccc1.FC(F)=C(F)F.FC(F)=Cc1ccccc1. The molecular weight excluding hydrogens is 1240 g/mol. The van der Waals surface area contributed by atoms with E-state index in [-0.39, 0.29) is 18.6 Å². The zero-order chi connectivity index (χ0) is 64.2. The number of benzene rings is 5. The smallest absolute Gasteiger partial charge is 0.334 e. The summed E-state index contributed by atoms with van der Waals surface area (Å²) in [7, 11) is 11.9. The summed E-state index contributed by atoms with van der Waals surface area (Å²) in [5, 5.41) is 2.68. The summed E-state index contributed by atoms with van der Waals surface area (Å²) in [4.78, 5) is 16.7. The number of hydrogen-bond acceptors (Lipinski definition) is 7. The Morgan fingerprint density at radius 1 is 0.600 bits per heavy atom. The molecular formula is C66H84Cl2F8N3O5Ru-. The van der Waals surface area contributed by atoms with Gasteiger partial charge in [-0.2, -0.15) is 41.8 Å². The Morgan fingerprint density at radius 2 is 1.05 bits per heavy atom. The van der Waals surface area contributed by atoms with Gasteiger partial charge < -0.3 is 19.3 Å². The molecule has 1 amide bonds. The van der Waals surface area contributed by atoms with Gasteiger partial charge in [0.2, 0.25) is 0 Å². The second-order valence-corrected chi connectivity index (χ2v) is 26.2. The van der Waals surface area contributed by atoms with Gasteiger partial charge in [-0.1, -0.05) is 152 Å². The van der Waals surface area contributed by atoms with Gasteiger partial charge in [-0.3, -0.25) is 0 Å². The van der Waals surface area contributed by atoms with Gasteiger partial charge >= 0.3 is 163 Å². The summed E-state index contributed by atoms with van der Waals surface area (Å²) in [5.41, 5.74) is 11.8. The molecule has 5 aromatic rings. The van der Waals surface area contributed by atoms with Crippen molar-refractivity contribution < 1.29 is 72.4 Å². The Morgan fingerprint density at radius 3 is 1.40 bits per heavy atom. The van der Waals surface area contributed by atoms with E-state index in [1.807, 2.05) is 71.0 Å². The molecule has 0 bridgehead atoms. The van der Waals surface area contributed by atoms with Crippen LogP contribution in [0.3, 0.4) is 0 Å². The van der Waals surface area contributed by atoms with Crippen molar-refractivity contribution in [2.75, 3.05) is 48.0 Å². The zero-order valence-corrected chi connectivity index (χ0v) is 54.3. The molecule has 0 aromatic heterocycles. The van der Waals surface area contributed by atoms with Crippen LogP contribution in [0.1, 0.15) is 160 Å². The van der Waals surface area contributed by atoms with Gasteiger partial charge in [-0.05, 0) is 77.0 Å². The number of nitrogens with zero attached hydrogens (tertiary/aromatic N) is 2. The van der Waals surface area contributed by atoms with Gasteiger partial charge in [0.1, 0.15) is 6.26 Å². The number of hydrogen-bond donors (Lipinski definition) is 1. The van der Waals surface area contributed by atoms with Crippen LogP contribution in [-0.2, 0) is 27.7 Å². The predicted octanol–water partition coefficient (Wildman–Crippen LogP) is 21.8. The fraction of sp³-hybridized carbons (Fsp3) is 0.379. The molecule has 8 nitrogen and oxygen atoms in total. The van der Waals surface area contributed by atoms with E-state index < -0.39 is 43.9 Å². The van der Waals surface area contributed by atoms with Crippen molar-refractivity contribution in [3.8, 4) is 5.75 Å². The van der Waals surface area contributed by atoms with Crippen molar-refractivity contribution in [1.82, 2.24) is 0 Å². The topological polar surface area (TPSA) is 72.5 Å². The number of nitrogens with one attached hydrogen (secondary N) is 1. The summed E-state index contributed by atoms with van der Waals surface area (Å²) >= 11 is -2.00. The molecule has 85 heavy (non-hydrogen) atoms. The van der Waals surface area contributed by atoms with Crippen LogP contribution >= 0.6 is 19.4 Å². The molecule has 0 atom stereocenters. The summed E-state index contributed by atoms with van der Waals surface area (Å²) in [6.07, 6.45) is -4.78. The summed E-state index contributed by atoms with van der Waals surface area (Å²) < 4.78 is 108. The Hall–Kier alpha value is -6.16. The number of carbonyl (C=O) groups excluding carboxylic acids is 1. The van der Waals surface area contributed by atoms with E-state index in [1.54, 1.807) is 66.3 Å². The quantitative estimate of drug-likeness (QED) is 0.0406. The Bertz CT molecular complexity index is 2720. The number of para-hydroxylation sites is 2. The van der Waals surface area contributed by atoms with Crippen LogP contribution in [0.15, 0.2) is 152 Å². The van der Waals surface area contributed by atoms with Crippen LogP contribution in [0, 0.1) is 12.6 Å². The van der Waals surface area contributed by atoms with Crippen molar-refractivity contribution in [2.45, 2.75) is 127 Å². The molecule has 0 saturated carbocycles. The van der Waals surface area contributed by atoms with Crippen molar-refractivity contribution >= 4 is 59.3 Å². The first-order valence-corrected chi connectivity index (χ1v) is 33.2. The van der Waals surface area contributed by atoms with Gasteiger partial charge in [-0.25, -0.2) is 0 Å². The number of ether oxygens (including phenoxy) is 4. The maximum Gasteiger partial charge on any atom is 0.334 e. The minimum atomic E-state index is -2.91. The number of halogens is 10. The van der Waals surface area contributed by atoms with Crippen molar-refractivity contribution in [2.24, 2.45) is 5.92 Å².